The fourth-order valence-corrected chi connectivity index (χ4v) is 4.06. The fraction of sp³-hybridized carbons (Fsp3) is 0.217. The first-order valence-corrected chi connectivity index (χ1v) is 9.77. The number of hydrogen-bond acceptors (Lipinski definition) is 5. The van der Waals surface area contributed by atoms with Crippen molar-refractivity contribution in [3.05, 3.63) is 81.0 Å². The quantitative estimate of drug-likeness (QED) is 0.478. The highest BCUT2D eigenvalue weighted by Gasteiger charge is 2.42. The Bertz CT molecular complexity index is 1500. The molecule has 1 fully saturated rings. The summed E-state index contributed by atoms with van der Waals surface area (Å²) in [6.07, 6.45) is 10.7. The number of benzene rings is 1. The van der Waals surface area contributed by atoms with Gasteiger partial charge in [0.15, 0.2) is 11.2 Å². The number of pyridine rings is 1. The molecular weight excluding hydrogens is 394 g/mol. The summed E-state index contributed by atoms with van der Waals surface area (Å²) < 4.78 is 9.51. The van der Waals surface area contributed by atoms with E-state index in [2.05, 4.69) is 16.0 Å². The molecule has 5 rings (SSSR count). The smallest absolute Gasteiger partial charge is 0.337 e. The number of aryl methyl sites for hydroxylation is 1. The highest BCUT2D eigenvalue weighted by atomic mass is 16.5. The number of nitrogens with zero attached hydrogens (tertiary/aromatic N) is 5. The summed E-state index contributed by atoms with van der Waals surface area (Å²) in [6, 6.07) is 9.30. The van der Waals surface area contributed by atoms with Crippen molar-refractivity contribution in [3.63, 3.8) is 0 Å². The molecule has 0 amide bonds. The van der Waals surface area contributed by atoms with Crippen LogP contribution in [0.5, 0.6) is 0 Å². The standard InChI is InChI=1S/C23H19N5O3/c1-4-23(13-31-14-23)27-16(3)20(28-19-8-6-5-7-17(19)11-25-28)21(29)26(22(27)30)18-9-15(2)10-24-12-18/h1,5-12H,13-14H2,2-3H3. The van der Waals surface area contributed by atoms with Crippen LogP contribution in [0.2, 0.25) is 0 Å². The van der Waals surface area contributed by atoms with E-state index in [4.69, 9.17) is 11.2 Å². The molecule has 0 spiro atoms. The lowest BCUT2D eigenvalue weighted by molar-refractivity contribution is -0.0693. The van der Waals surface area contributed by atoms with E-state index >= 15 is 0 Å². The van der Waals surface area contributed by atoms with E-state index in [0.29, 0.717) is 11.4 Å². The van der Waals surface area contributed by atoms with Crippen LogP contribution < -0.4 is 11.2 Å². The van der Waals surface area contributed by atoms with Gasteiger partial charge in [-0.1, -0.05) is 24.1 Å². The minimum Gasteiger partial charge on any atom is -0.374 e. The van der Waals surface area contributed by atoms with Crippen molar-refractivity contribution in [3.8, 4) is 23.7 Å². The minimum atomic E-state index is -0.967. The van der Waals surface area contributed by atoms with E-state index in [-0.39, 0.29) is 18.9 Å². The molecule has 0 bridgehead atoms. The Balaban J connectivity index is 1.94. The summed E-state index contributed by atoms with van der Waals surface area (Å²) in [4.78, 5) is 31.5. The molecule has 0 radical (unpaired) electrons. The number of para-hydroxylation sites is 1. The van der Waals surface area contributed by atoms with Crippen molar-refractivity contribution >= 4 is 10.9 Å². The van der Waals surface area contributed by atoms with Crippen LogP contribution in [0.1, 0.15) is 11.3 Å². The number of ether oxygens (including phenoxy) is 1. The van der Waals surface area contributed by atoms with Crippen LogP contribution in [0, 0.1) is 26.2 Å². The Morgan fingerprint density at radius 1 is 1.13 bits per heavy atom. The van der Waals surface area contributed by atoms with Crippen molar-refractivity contribution in [2.24, 2.45) is 0 Å². The number of hydrogen-bond donors (Lipinski definition) is 0. The number of terminal acetylenes is 1. The van der Waals surface area contributed by atoms with Gasteiger partial charge in [0.25, 0.3) is 5.56 Å². The largest absolute Gasteiger partial charge is 0.374 e. The third kappa shape index (κ3) is 2.67. The lowest BCUT2D eigenvalue weighted by atomic mass is 9.97. The van der Waals surface area contributed by atoms with Crippen molar-refractivity contribution in [2.45, 2.75) is 19.4 Å². The summed E-state index contributed by atoms with van der Waals surface area (Å²) >= 11 is 0. The second kappa shape index (κ2) is 6.79. The van der Waals surface area contributed by atoms with Crippen LogP contribution in [-0.4, -0.2) is 37.1 Å². The molecule has 0 aliphatic carbocycles. The Morgan fingerprint density at radius 2 is 1.90 bits per heavy atom. The maximum atomic E-state index is 13.7. The zero-order valence-corrected chi connectivity index (χ0v) is 17.1. The van der Waals surface area contributed by atoms with Crippen LogP contribution in [0.4, 0.5) is 0 Å². The van der Waals surface area contributed by atoms with E-state index in [9.17, 15) is 9.59 Å². The van der Waals surface area contributed by atoms with Gasteiger partial charge < -0.3 is 4.74 Å². The van der Waals surface area contributed by atoms with Gasteiger partial charge in [-0.15, -0.1) is 6.42 Å². The SMILES string of the molecule is C#CC1(n2c(C)c(-n3ncc4ccccc43)c(=O)n(-c3cncc(C)c3)c2=O)COC1. The predicted molar refractivity (Wildman–Crippen MR) is 116 cm³/mol. The van der Waals surface area contributed by atoms with Crippen LogP contribution in [0.25, 0.3) is 22.3 Å². The first-order valence-electron chi connectivity index (χ1n) is 9.77. The predicted octanol–water partition coefficient (Wildman–Crippen LogP) is 1.71. The molecule has 4 aromatic rings. The van der Waals surface area contributed by atoms with Gasteiger partial charge in [-0.2, -0.15) is 5.10 Å². The normalized spacial score (nSPS) is 14.9. The molecule has 1 aliphatic heterocycles. The minimum absolute atomic E-state index is 0.188. The van der Waals surface area contributed by atoms with E-state index in [1.807, 2.05) is 31.2 Å². The molecule has 154 valence electrons. The lowest BCUT2D eigenvalue weighted by Gasteiger charge is -2.39. The Hall–Kier alpha value is -3.96. The Labute approximate surface area is 177 Å². The lowest BCUT2D eigenvalue weighted by Crippen LogP contribution is -2.58. The number of rotatable bonds is 3. The van der Waals surface area contributed by atoms with Crippen molar-refractivity contribution in [1.82, 2.24) is 23.9 Å². The van der Waals surface area contributed by atoms with E-state index in [0.717, 1.165) is 21.0 Å². The maximum Gasteiger partial charge on any atom is 0.337 e. The van der Waals surface area contributed by atoms with E-state index in [1.54, 1.807) is 30.1 Å². The Morgan fingerprint density at radius 3 is 2.58 bits per heavy atom. The molecular formula is C23H19N5O3. The highest BCUT2D eigenvalue weighted by molar-refractivity contribution is 5.80. The second-order valence-electron chi connectivity index (χ2n) is 7.70. The van der Waals surface area contributed by atoms with Gasteiger partial charge in [0.05, 0.1) is 42.5 Å². The van der Waals surface area contributed by atoms with Crippen LogP contribution in [-0.2, 0) is 10.3 Å². The molecule has 3 aromatic heterocycles. The third-order valence-corrected chi connectivity index (χ3v) is 5.65. The van der Waals surface area contributed by atoms with Gasteiger partial charge in [0.2, 0.25) is 0 Å². The fourth-order valence-electron chi connectivity index (χ4n) is 4.06. The van der Waals surface area contributed by atoms with Gasteiger partial charge in [-0.3, -0.25) is 14.3 Å². The average molecular weight is 413 g/mol. The second-order valence-corrected chi connectivity index (χ2v) is 7.70. The average Bonchev–Trinajstić information content (AvgIpc) is 3.14. The molecule has 1 aromatic carbocycles. The third-order valence-electron chi connectivity index (χ3n) is 5.65. The van der Waals surface area contributed by atoms with Gasteiger partial charge >= 0.3 is 5.69 Å². The summed E-state index contributed by atoms with van der Waals surface area (Å²) in [6.45, 7) is 3.94. The molecule has 4 heterocycles. The highest BCUT2D eigenvalue weighted by Crippen LogP contribution is 2.27. The summed E-state index contributed by atoms with van der Waals surface area (Å²) in [5.41, 5.74) is 0.636. The molecule has 8 nitrogen and oxygen atoms in total. The molecule has 1 aliphatic rings. The monoisotopic (exact) mass is 413 g/mol. The van der Waals surface area contributed by atoms with Gasteiger partial charge in [0.1, 0.15) is 0 Å². The van der Waals surface area contributed by atoms with E-state index in [1.165, 1.54) is 10.8 Å². The molecule has 0 atom stereocenters. The summed E-state index contributed by atoms with van der Waals surface area (Å²) in [7, 11) is 0. The van der Waals surface area contributed by atoms with Crippen LogP contribution >= 0.6 is 0 Å². The van der Waals surface area contributed by atoms with Gasteiger partial charge in [-0.25, -0.2) is 14.0 Å². The van der Waals surface area contributed by atoms with Crippen molar-refractivity contribution < 1.29 is 4.74 Å². The molecule has 0 N–H and O–H groups in total. The first-order chi connectivity index (χ1) is 15.0. The Kier molecular flexibility index (Phi) is 4.17. The van der Waals surface area contributed by atoms with Crippen molar-refractivity contribution in [1.29, 1.82) is 0 Å². The molecule has 0 unspecified atom stereocenters. The number of aromatic nitrogens is 5. The van der Waals surface area contributed by atoms with Gasteiger partial charge in [0, 0.05) is 11.6 Å². The summed E-state index contributed by atoms with van der Waals surface area (Å²) in [5, 5.41) is 5.33. The molecule has 0 saturated carbocycles. The van der Waals surface area contributed by atoms with E-state index < -0.39 is 16.8 Å². The van der Waals surface area contributed by atoms with Gasteiger partial charge in [-0.05, 0) is 31.5 Å². The van der Waals surface area contributed by atoms with Crippen LogP contribution in [0.3, 0.4) is 0 Å². The zero-order valence-electron chi connectivity index (χ0n) is 17.1. The molecule has 8 heteroatoms. The van der Waals surface area contributed by atoms with Crippen molar-refractivity contribution in [2.75, 3.05) is 13.2 Å². The van der Waals surface area contributed by atoms with Crippen LogP contribution in [0.15, 0.2) is 58.5 Å². The first kappa shape index (κ1) is 19.0. The molecule has 1 saturated heterocycles. The topological polar surface area (TPSA) is 83.9 Å². The summed E-state index contributed by atoms with van der Waals surface area (Å²) in [5.74, 6) is 2.71. The maximum absolute atomic E-state index is 13.7. The number of fused-ring (bicyclic) bond motifs is 1. The zero-order chi connectivity index (χ0) is 21.8. The molecule has 31 heavy (non-hydrogen) atoms.